The molecule has 0 saturated heterocycles. The van der Waals surface area contributed by atoms with Crippen molar-refractivity contribution in [2.24, 2.45) is 0 Å². The largest absolute Gasteiger partial charge is 0.354 e. The van der Waals surface area contributed by atoms with Gasteiger partial charge in [0.15, 0.2) is 11.5 Å². The van der Waals surface area contributed by atoms with Gasteiger partial charge in [-0.3, -0.25) is 9.36 Å². The number of imidazole rings is 1. The zero-order chi connectivity index (χ0) is 12.3. The molecule has 1 amide bonds. The van der Waals surface area contributed by atoms with E-state index in [9.17, 15) is 4.79 Å². The van der Waals surface area contributed by atoms with Crippen LogP contribution in [0, 0.1) is 11.3 Å². The minimum Gasteiger partial charge on any atom is -0.354 e. The minimum atomic E-state index is -0.310. The summed E-state index contributed by atoms with van der Waals surface area (Å²) in [4.78, 5) is 15.1. The molecule has 7 heteroatoms. The fourth-order valence-electron chi connectivity index (χ4n) is 1.27. The van der Waals surface area contributed by atoms with Crippen LogP contribution in [0.1, 0.15) is 16.3 Å². The van der Waals surface area contributed by atoms with Gasteiger partial charge in [0.2, 0.25) is 5.82 Å². The van der Waals surface area contributed by atoms with Crippen molar-refractivity contribution >= 4 is 5.91 Å². The van der Waals surface area contributed by atoms with Crippen molar-refractivity contribution in [3.63, 3.8) is 0 Å². The summed E-state index contributed by atoms with van der Waals surface area (Å²) in [5.41, 5.74) is 0.217. The zero-order valence-electron chi connectivity index (χ0n) is 8.95. The molecule has 1 N–H and O–H groups in total. The molecule has 0 bridgehead atoms. The molecule has 0 spiro atoms. The molecule has 0 fully saturated rings. The third kappa shape index (κ3) is 1.96. The minimum absolute atomic E-state index is 0.215. The lowest BCUT2D eigenvalue weighted by atomic mass is 10.3. The van der Waals surface area contributed by atoms with Crippen molar-refractivity contribution in [3.8, 4) is 11.9 Å². The maximum absolute atomic E-state index is 11.2. The molecule has 0 unspecified atom stereocenters. The molecule has 2 rings (SSSR count). The van der Waals surface area contributed by atoms with Crippen LogP contribution < -0.4 is 5.32 Å². The first-order valence-electron chi connectivity index (χ1n) is 4.76. The van der Waals surface area contributed by atoms with E-state index in [4.69, 9.17) is 5.26 Å². The molecule has 2 aromatic heterocycles. The number of aromatic nitrogens is 4. The van der Waals surface area contributed by atoms with Crippen molar-refractivity contribution in [1.82, 2.24) is 25.1 Å². The first-order valence-corrected chi connectivity index (χ1v) is 4.76. The zero-order valence-corrected chi connectivity index (χ0v) is 8.95. The number of hydrogen-bond acceptors (Lipinski definition) is 5. The summed E-state index contributed by atoms with van der Waals surface area (Å²) < 4.78 is 1.49. The first kappa shape index (κ1) is 10.8. The van der Waals surface area contributed by atoms with Crippen LogP contribution >= 0.6 is 0 Å². The fraction of sp³-hybridized carbons (Fsp3) is 0.100. The highest BCUT2D eigenvalue weighted by Crippen LogP contribution is 2.06. The number of carbonyl (C=O) groups excluding carboxylic acids is 1. The lowest BCUT2D eigenvalue weighted by Gasteiger charge is -2.02. The summed E-state index contributed by atoms with van der Waals surface area (Å²) in [5.74, 6) is 0.342. The predicted molar refractivity (Wildman–Crippen MR) is 57.3 cm³/mol. The van der Waals surface area contributed by atoms with Gasteiger partial charge in [-0.25, -0.2) is 4.98 Å². The van der Waals surface area contributed by atoms with Gasteiger partial charge in [-0.1, -0.05) is 0 Å². The van der Waals surface area contributed by atoms with E-state index in [1.54, 1.807) is 12.3 Å². The van der Waals surface area contributed by atoms with Crippen molar-refractivity contribution < 1.29 is 4.79 Å². The Morgan fingerprint density at radius 3 is 2.88 bits per heavy atom. The SMILES string of the molecule is CNC(=O)c1ccc(-n2ccnc2C#N)nn1. The Kier molecular flexibility index (Phi) is 2.79. The fourth-order valence-corrected chi connectivity index (χ4v) is 1.27. The van der Waals surface area contributed by atoms with Gasteiger partial charge in [0.05, 0.1) is 0 Å². The average molecular weight is 228 g/mol. The van der Waals surface area contributed by atoms with E-state index in [2.05, 4.69) is 20.5 Å². The monoisotopic (exact) mass is 228 g/mol. The lowest BCUT2D eigenvalue weighted by Crippen LogP contribution is -2.19. The van der Waals surface area contributed by atoms with E-state index < -0.39 is 0 Å². The van der Waals surface area contributed by atoms with Crippen LogP contribution in [0.25, 0.3) is 5.82 Å². The van der Waals surface area contributed by atoms with Gasteiger partial charge < -0.3 is 5.32 Å². The molecule has 2 heterocycles. The van der Waals surface area contributed by atoms with Crippen molar-refractivity contribution in [3.05, 3.63) is 36.0 Å². The van der Waals surface area contributed by atoms with Gasteiger partial charge in [-0.2, -0.15) is 5.26 Å². The Labute approximate surface area is 96.7 Å². The van der Waals surface area contributed by atoms with Crippen LogP contribution in [0.3, 0.4) is 0 Å². The van der Waals surface area contributed by atoms with Crippen LogP contribution in [0.5, 0.6) is 0 Å². The highest BCUT2D eigenvalue weighted by molar-refractivity contribution is 5.91. The second-order valence-electron chi connectivity index (χ2n) is 3.09. The Balaban J connectivity index is 2.37. The van der Waals surface area contributed by atoms with Crippen molar-refractivity contribution in [1.29, 1.82) is 5.26 Å². The highest BCUT2D eigenvalue weighted by Gasteiger charge is 2.08. The molecule has 0 aliphatic heterocycles. The third-order valence-electron chi connectivity index (χ3n) is 2.10. The van der Waals surface area contributed by atoms with Crippen LogP contribution in [-0.2, 0) is 0 Å². The molecular weight excluding hydrogens is 220 g/mol. The summed E-state index contributed by atoms with van der Waals surface area (Å²) in [6, 6.07) is 5.05. The maximum atomic E-state index is 11.2. The Hall–Kier alpha value is -2.75. The topological polar surface area (TPSA) is 96.5 Å². The standard InChI is InChI=1S/C10H8N6O/c1-12-10(17)7-2-3-8(15-14-7)16-5-4-13-9(16)6-11/h2-5H,1H3,(H,12,17). The molecule has 17 heavy (non-hydrogen) atoms. The first-order chi connectivity index (χ1) is 8.26. The molecule has 0 atom stereocenters. The van der Waals surface area contributed by atoms with Gasteiger partial charge in [0.1, 0.15) is 6.07 Å². The second kappa shape index (κ2) is 4.40. The van der Waals surface area contributed by atoms with E-state index in [0.29, 0.717) is 5.82 Å². The molecule has 2 aromatic rings. The Morgan fingerprint density at radius 1 is 1.47 bits per heavy atom. The van der Waals surface area contributed by atoms with E-state index in [0.717, 1.165) is 0 Å². The highest BCUT2D eigenvalue weighted by atomic mass is 16.1. The second-order valence-corrected chi connectivity index (χ2v) is 3.09. The summed E-state index contributed by atoms with van der Waals surface area (Å²) in [5, 5.41) is 18.9. The number of amides is 1. The summed E-state index contributed by atoms with van der Waals surface area (Å²) >= 11 is 0. The van der Waals surface area contributed by atoms with Crippen LogP contribution in [0.4, 0.5) is 0 Å². The smallest absolute Gasteiger partial charge is 0.271 e. The Morgan fingerprint density at radius 2 is 2.29 bits per heavy atom. The number of nitriles is 1. The number of nitrogens with one attached hydrogen (secondary N) is 1. The van der Waals surface area contributed by atoms with E-state index >= 15 is 0 Å². The molecule has 0 radical (unpaired) electrons. The number of nitrogens with zero attached hydrogens (tertiary/aromatic N) is 5. The predicted octanol–water partition coefficient (Wildman–Crippen LogP) is -0.106. The van der Waals surface area contributed by atoms with Gasteiger partial charge in [0, 0.05) is 19.4 Å². The van der Waals surface area contributed by atoms with Gasteiger partial charge in [0.25, 0.3) is 5.91 Å². The molecule has 7 nitrogen and oxygen atoms in total. The third-order valence-corrected chi connectivity index (χ3v) is 2.10. The average Bonchev–Trinajstić information content (AvgIpc) is 2.86. The Bertz CT molecular complexity index is 580. The van der Waals surface area contributed by atoms with Gasteiger partial charge >= 0.3 is 0 Å². The molecule has 0 aliphatic rings. The maximum Gasteiger partial charge on any atom is 0.271 e. The molecule has 0 saturated carbocycles. The van der Waals surface area contributed by atoms with E-state index in [1.165, 1.54) is 23.9 Å². The number of carbonyl (C=O) groups is 1. The molecule has 84 valence electrons. The molecule has 0 aliphatic carbocycles. The van der Waals surface area contributed by atoms with Gasteiger partial charge in [-0.05, 0) is 12.1 Å². The number of rotatable bonds is 2. The van der Waals surface area contributed by atoms with Crippen LogP contribution in [0.15, 0.2) is 24.5 Å². The normalized spacial score (nSPS) is 9.65. The van der Waals surface area contributed by atoms with Crippen molar-refractivity contribution in [2.45, 2.75) is 0 Å². The summed E-state index contributed by atoms with van der Waals surface area (Å²) in [6.07, 6.45) is 3.09. The quantitative estimate of drug-likeness (QED) is 0.773. The van der Waals surface area contributed by atoms with Crippen LogP contribution in [-0.4, -0.2) is 32.7 Å². The molecule has 0 aromatic carbocycles. The lowest BCUT2D eigenvalue weighted by molar-refractivity contribution is 0.0957. The summed E-state index contributed by atoms with van der Waals surface area (Å²) in [6.45, 7) is 0. The van der Waals surface area contributed by atoms with E-state index in [-0.39, 0.29) is 17.4 Å². The van der Waals surface area contributed by atoms with E-state index in [1.807, 2.05) is 6.07 Å². The van der Waals surface area contributed by atoms with Crippen molar-refractivity contribution in [2.75, 3.05) is 7.05 Å². The molecular formula is C10H8N6O. The van der Waals surface area contributed by atoms with Gasteiger partial charge in [-0.15, -0.1) is 10.2 Å². The number of hydrogen-bond donors (Lipinski definition) is 1. The summed E-state index contributed by atoms with van der Waals surface area (Å²) in [7, 11) is 1.52. The van der Waals surface area contributed by atoms with Crippen LogP contribution in [0.2, 0.25) is 0 Å².